The molecule has 2 fully saturated rings. The Hall–Kier alpha value is -1.15. The van der Waals surface area contributed by atoms with E-state index in [1.807, 2.05) is 6.07 Å². The van der Waals surface area contributed by atoms with E-state index in [0.717, 1.165) is 17.3 Å². The first-order chi connectivity index (χ1) is 10.9. The lowest BCUT2D eigenvalue weighted by atomic mass is 9.85. The van der Waals surface area contributed by atoms with E-state index in [1.54, 1.807) is 24.3 Å². The molecule has 0 N–H and O–H groups in total. The van der Waals surface area contributed by atoms with Crippen molar-refractivity contribution in [3.05, 3.63) is 35.9 Å². The van der Waals surface area contributed by atoms with Crippen molar-refractivity contribution in [2.75, 3.05) is 21.2 Å². The summed E-state index contributed by atoms with van der Waals surface area (Å²) in [5.41, 5.74) is 0.516. The van der Waals surface area contributed by atoms with Crippen LogP contribution in [0.4, 0.5) is 0 Å². The highest BCUT2D eigenvalue weighted by Crippen LogP contribution is 2.44. The smallest absolute Gasteiger partial charge is 0.338 e. The Morgan fingerprint density at radius 1 is 1.12 bits per heavy atom. The number of quaternary nitrogens is 1. The Kier molecular flexibility index (Phi) is 5.91. The highest BCUT2D eigenvalue weighted by Gasteiger charge is 2.58. The number of benzene rings is 1. The number of esters is 2. The molecule has 2 aliphatic rings. The third-order valence-electron chi connectivity index (χ3n) is 5.65. The van der Waals surface area contributed by atoms with E-state index < -0.39 is 6.10 Å². The van der Waals surface area contributed by atoms with Crippen LogP contribution in [0.25, 0.3) is 0 Å². The van der Waals surface area contributed by atoms with E-state index in [-0.39, 0.29) is 47.9 Å². The number of carbonyl (C=O) groups is 2. The zero-order chi connectivity index (χ0) is 16.6. The zero-order valence-corrected chi connectivity index (χ0v) is 16.4. The van der Waals surface area contributed by atoms with Crippen LogP contribution in [0, 0.1) is 5.92 Å². The molecule has 4 atom stereocenters. The number of piperidine rings is 1. The molecule has 1 aromatic rings. The first-order valence-corrected chi connectivity index (χ1v) is 8.12. The molecule has 2 bridgehead atoms. The van der Waals surface area contributed by atoms with Gasteiger partial charge >= 0.3 is 11.9 Å². The summed E-state index contributed by atoms with van der Waals surface area (Å²) in [6.07, 6.45) is 2.34. The van der Waals surface area contributed by atoms with Crippen molar-refractivity contribution < 1.29 is 47.5 Å². The average Bonchev–Trinajstić information content (AvgIpc) is 2.73. The minimum absolute atomic E-state index is 0. The summed E-state index contributed by atoms with van der Waals surface area (Å²) < 4.78 is 11.6. The van der Waals surface area contributed by atoms with Crippen LogP contribution < -0.4 is 24.0 Å². The fourth-order valence-corrected chi connectivity index (χ4v) is 4.29. The predicted molar refractivity (Wildman–Crippen MR) is 84.7 cm³/mol. The van der Waals surface area contributed by atoms with Gasteiger partial charge in [-0.05, 0) is 12.1 Å². The van der Waals surface area contributed by atoms with Crippen LogP contribution in [-0.4, -0.2) is 55.8 Å². The van der Waals surface area contributed by atoms with Gasteiger partial charge in [-0.2, -0.15) is 0 Å². The van der Waals surface area contributed by atoms with E-state index in [9.17, 15) is 9.59 Å². The van der Waals surface area contributed by atoms with Crippen molar-refractivity contribution in [1.29, 1.82) is 0 Å². The fourth-order valence-electron chi connectivity index (χ4n) is 4.29. The minimum Gasteiger partial charge on any atom is -1.00 e. The maximum atomic E-state index is 12.4. The van der Waals surface area contributed by atoms with Crippen LogP contribution in [-0.2, 0) is 14.3 Å². The van der Waals surface area contributed by atoms with Gasteiger partial charge in [-0.25, -0.2) is 4.79 Å². The summed E-state index contributed by atoms with van der Waals surface area (Å²) in [6.45, 7) is 0. The highest BCUT2D eigenvalue weighted by atomic mass is 127. The summed E-state index contributed by atoms with van der Waals surface area (Å²) in [4.78, 5) is 24.7. The molecule has 24 heavy (non-hydrogen) atoms. The summed E-state index contributed by atoms with van der Waals surface area (Å²) in [5, 5.41) is 0. The molecule has 0 aliphatic carbocycles. The minimum atomic E-state index is -0.404. The van der Waals surface area contributed by atoms with E-state index in [4.69, 9.17) is 9.47 Å². The number of hydrogen-bond acceptors (Lipinski definition) is 4. The molecule has 0 amide bonds. The highest BCUT2D eigenvalue weighted by molar-refractivity contribution is 5.89. The van der Waals surface area contributed by atoms with Crippen LogP contribution in [0.15, 0.2) is 30.3 Å². The lowest BCUT2D eigenvalue weighted by molar-refractivity contribution is -0.934. The summed E-state index contributed by atoms with van der Waals surface area (Å²) in [6, 6.07) is 9.50. The van der Waals surface area contributed by atoms with Crippen molar-refractivity contribution in [2.24, 2.45) is 5.92 Å². The Labute approximate surface area is 159 Å². The van der Waals surface area contributed by atoms with Gasteiger partial charge in [-0.15, -0.1) is 0 Å². The second kappa shape index (κ2) is 7.39. The van der Waals surface area contributed by atoms with Gasteiger partial charge in [0.2, 0.25) is 0 Å². The molecule has 0 aromatic heterocycles. The van der Waals surface area contributed by atoms with Crippen molar-refractivity contribution in [2.45, 2.75) is 37.5 Å². The summed E-state index contributed by atoms with van der Waals surface area (Å²) >= 11 is 0. The molecular weight excluding hydrogens is 421 g/mol. The van der Waals surface area contributed by atoms with Gasteiger partial charge < -0.3 is 37.9 Å². The van der Waals surface area contributed by atoms with Gasteiger partial charge in [0.1, 0.15) is 18.1 Å². The topological polar surface area (TPSA) is 52.6 Å². The molecular formula is C18H24INO4. The second-order valence-corrected chi connectivity index (χ2v) is 7.02. The molecule has 6 heteroatoms. The molecule has 5 nitrogen and oxygen atoms in total. The molecule has 2 saturated heterocycles. The third-order valence-corrected chi connectivity index (χ3v) is 5.65. The van der Waals surface area contributed by atoms with Crippen LogP contribution in [0.2, 0.25) is 0 Å². The largest absolute Gasteiger partial charge is 1.00 e. The molecule has 2 aliphatic heterocycles. The van der Waals surface area contributed by atoms with Crippen molar-refractivity contribution >= 4 is 11.9 Å². The summed E-state index contributed by atoms with van der Waals surface area (Å²) in [7, 11) is 5.72. The van der Waals surface area contributed by atoms with Crippen LogP contribution in [0.3, 0.4) is 0 Å². The molecule has 0 spiro atoms. The Bertz CT molecular complexity index is 604. The van der Waals surface area contributed by atoms with Crippen molar-refractivity contribution in [1.82, 2.24) is 0 Å². The number of fused-ring (bicyclic) bond motifs is 2. The molecule has 132 valence electrons. The average molecular weight is 445 g/mol. The van der Waals surface area contributed by atoms with Gasteiger partial charge in [0.25, 0.3) is 0 Å². The van der Waals surface area contributed by atoms with Crippen molar-refractivity contribution in [3.8, 4) is 0 Å². The SMILES string of the molecule is COC(=O)[C@H]1C2CCC(C[C@@H]1OC(=O)c1ccccc1)[N+]2(C)C.[I-]. The molecule has 2 heterocycles. The number of ether oxygens (including phenoxy) is 2. The molecule has 0 radical (unpaired) electrons. The first-order valence-electron chi connectivity index (χ1n) is 8.12. The maximum absolute atomic E-state index is 12.4. The second-order valence-electron chi connectivity index (χ2n) is 7.02. The third kappa shape index (κ3) is 3.31. The van der Waals surface area contributed by atoms with Gasteiger partial charge in [0.05, 0.1) is 32.8 Å². The van der Waals surface area contributed by atoms with Gasteiger partial charge in [0.15, 0.2) is 0 Å². The van der Waals surface area contributed by atoms with E-state index in [0.29, 0.717) is 18.0 Å². The van der Waals surface area contributed by atoms with Crippen LogP contribution in [0.1, 0.15) is 29.6 Å². The fraction of sp³-hybridized carbons (Fsp3) is 0.556. The van der Waals surface area contributed by atoms with E-state index >= 15 is 0 Å². The van der Waals surface area contributed by atoms with Gasteiger partial charge in [-0.1, -0.05) is 18.2 Å². The van der Waals surface area contributed by atoms with E-state index in [1.165, 1.54) is 7.11 Å². The molecule has 1 aromatic carbocycles. The lowest BCUT2D eigenvalue weighted by Gasteiger charge is -2.47. The zero-order valence-electron chi connectivity index (χ0n) is 14.3. The van der Waals surface area contributed by atoms with Crippen LogP contribution in [0.5, 0.6) is 0 Å². The van der Waals surface area contributed by atoms with Gasteiger partial charge in [0, 0.05) is 19.3 Å². The first kappa shape index (κ1) is 19.2. The van der Waals surface area contributed by atoms with Gasteiger partial charge in [-0.3, -0.25) is 4.79 Å². The summed E-state index contributed by atoms with van der Waals surface area (Å²) in [5.74, 6) is -1.02. The Morgan fingerprint density at radius 3 is 2.42 bits per heavy atom. The normalized spacial score (nSPS) is 30.1. The quantitative estimate of drug-likeness (QED) is 0.341. The molecule has 0 saturated carbocycles. The predicted octanol–water partition coefficient (Wildman–Crippen LogP) is -0.984. The standard InChI is InChI=1S/C18H24NO4.HI/c1-19(2)13-9-10-14(19)16(18(21)22-3)15(11-13)23-17(20)12-7-5-4-6-8-12;/h4-8,13-16H,9-11H2,1-3H3;1H/q+1;/p-1/t13?,14?,15-,16-;/m0./s1. The number of hydrogen-bond donors (Lipinski definition) is 0. The number of methoxy groups -OCH3 is 1. The number of rotatable bonds is 3. The molecule has 3 rings (SSSR count). The Balaban J connectivity index is 0.00000208. The number of halogens is 1. The Morgan fingerprint density at radius 2 is 1.79 bits per heavy atom. The number of carbonyl (C=O) groups excluding carboxylic acids is 2. The monoisotopic (exact) mass is 445 g/mol. The van der Waals surface area contributed by atoms with E-state index in [2.05, 4.69) is 14.1 Å². The number of nitrogens with zero attached hydrogens (tertiary/aromatic N) is 1. The lowest BCUT2D eigenvalue weighted by Crippen LogP contribution is -3.00. The molecule has 2 unspecified atom stereocenters. The van der Waals surface area contributed by atoms with Crippen LogP contribution >= 0.6 is 0 Å². The van der Waals surface area contributed by atoms with Crippen molar-refractivity contribution in [3.63, 3.8) is 0 Å². The maximum Gasteiger partial charge on any atom is 0.338 e.